The van der Waals surface area contributed by atoms with Gasteiger partial charge < -0.3 is 9.47 Å². The summed E-state index contributed by atoms with van der Waals surface area (Å²) in [5.74, 6) is 1.43. The predicted molar refractivity (Wildman–Crippen MR) is 120 cm³/mol. The van der Waals surface area contributed by atoms with Gasteiger partial charge in [0.25, 0.3) is 10.0 Å². The van der Waals surface area contributed by atoms with E-state index >= 15 is 0 Å². The first-order valence-electron chi connectivity index (χ1n) is 9.29. The van der Waals surface area contributed by atoms with E-state index in [2.05, 4.69) is 4.40 Å². The largest absolute Gasteiger partial charge is 0.497 e. The van der Waals surface area contributed by atoms with Crippen molar-refractivity contribution in [3.63, 3.8) is 0 Å². The lowest BCUT2D eigenvalue weighted by molar-refractivity contribution is 0.414. The number of aryl methyl sites for hydroxylation is 1. The average Bonchev–Trinajstić information content (AvgIpc) is 2.77. The van der Waals surface area contributed by atoms with E-state index in [0.717, 1.165) is 16.9 Å². The van der Waals surface area contributed by atoms with Crippen LogP contribution in [0.1, 0.15) is 16.7 Å². The molecule has 0 radical (unpaired) electrons. The van der Waals surface area contributed by atoms with Crippen LogP contribution in [0.25, 0.3) is 6.08 Å². The van der Waals surface area contributed by atoms with Gasteiger partial charge in [-0.1, -0.05) is 35.9 Å². The van der Waals surface area contributed by atoms with Gasteiger partial charge in [-0.25, -0.2) is 0 Å². The molecule has 5 nitrogen and oxygen atoms in total. The van der Waals surface area contributed by atoms with E-state index < -0.39 is 10.0 Å². The summed E-state index contributed by atoms with van der Waals surface area (Å²) in [6.45, 7) is 1.90. The second-order valence-electron chi connectivity index (χ2n) is 6.60. The average molecular weight is 422 g/mol. The lowest BCUT2D eigenvalue weighted by Crippen LogP contribution is -2.04. The van der Waals surface area contributed by atoms with Gasteiger partial charge in [-0.15, -0.1) is 0 Å². The maximum Gasteiger partial charge on any atom is 0.282 e. The molecular formula is C24H23NO4S. The lowest BCUT2D eigenvalue weighted by atomic mass is 10.1. The first-order chi connectivity index (χ1) is 14.4. The van der Waals surface area contributed by atoms with Crippen LogP contribution in [-0.2, 0) is 10.0 Å². The molecule has 0 spiro atoms. The molecule has 0 bridgehead atoms. The zero-order valence-corrected chi connectivity index (χ0v) is 17.9. The van der Waals surface area contributed by atoms with Crippen molar-refractivity contribution < 1.29 is 17.9 Å². The first kappa shape index (κ1) is 21.3. The number of sulfonamides is 1. The Kier molecular flexibility index (Phi) is 6.69. The van der Waals surface area contributed by atoms with Crippen LogP contribution in [0.2, 0.25) is 0 Å². The maximum absolute atomic E-state index is 12.9. The van der Waals surface area contributed by atoms with Crippen LogP contribution < -0.4 is 9.47 Å². The quantitative estimate of drug-likeness (QED) is 0.509. The van der Waals surface area contributed by atoms with Crippen molar-refractivity contribution in [1.82, 2.24) is 0 Å². The Hall–Kier alpha value is -3.38. The van der Waals surface area contributed by atoms with E-state index in [1.54, 1.807) is 68.8 Å². The molecule has 0 saturated heterocycles. The predicted octanol–water partition coefficient (Wildman–Crippen LogP) is 4.90. The molecule has 0 unspecified atom stereocenters. The zero-order valence-electron chi connectivity index (χ0n) is 17.1. The number of benzene rings is 3. The van der Waals surface area contributed by atoms with Gasteiger partial charge in [0, 0.05) is 5.56 Å². The Morgan fingerprint density at radius 3 is 1.87 bits per heavy atom. The molecule has 154 valence electrons. The minimum Gasteiger partial charge on any atom is -0.497 e. The van der Waals surface area contributed by atoms with E-state index in [1.165, 1.54) is 0 Å². The van der Waals surface area contributed by atoms with Crippen molar-refractivity contribution in [3.8, 4) is 11.5 Å². The molecule has 0 atom stereocenters. The summed E-state index contributed by atoms with van der Waals surface area (Å²) in [7, 11) is -0.685. The molecule has 0 N–H and O–H groups in total. The molecule has 0 aromatic heterocycles. The number of hydrogen-bond acceptors (Lipinski definition) is 4. The first-order valence-corrected chi connectivity index (χ1v) is 10.7. The molecule has 0 saturated carbocycles. The van der Waals surface area contributed by atoms with Crippen molar-refractivity contribution in [2.75, 3.05) is 14.2 Å². The highest BCUT2D eigenvalue weighted by molar-refractivity contribution is 7.90. The van der Waals surface area contributed by atoms with Crippen LogP contribution in [0.5, 0.6) is 11.5 Å². The highest BCUT2D eigenvalue weighted by Crippen LogP contribution is 2.19. The lowest BCUT2D eigenvalue weighted by Gasteiger charge is -2.06. The SMILES string of the molecule is COc1ccc(/C=C/C(=N\S(=O)(=O)c2ccc(C)cc2)c2ccc(OC)cc2)cc1. The molecule has 0 fully saturated rings. The second-order valence-corrected chi connectivity index (χ2v) is 8.20. The Morgan fingerprint density at radius 1 is 0.800 bits per heavy atom. The molecular weight excluding hydrogens is 398 g/mol. The number of allylic oxidation sites excluding steroid dienone is 1. The number of hydrogen-bond donors (Lipinski definition) is 0. The van der Waals surface area contributed by atoms with Gasteiger partial charge in [0.15, 0.2) is 0 Å². The van der Waals surface area contributed by atoms with Crippen LogP contribution in [0.4, 0.5) is 0 Å². The van der Waals surface area contributed by atoms with E-state index in [0.29, 0.717) is 17.0 Å². The Morgan fingerprint density at radius 2 is 1.33 bits per heavy atom. The molecule has 6 heteroatoms. The number of nitrogens with zero attached hydrogens (tertiary/aromatic N) is 1. The van der Waals surface area contributed by atoms with Gasteiger partial charge >= 0.3 is 0 Å². The second kappa shape index (κ2) is 9.41. The smallest absolute Gasteiger partial charge is 0.282 e. The highest BCUT2D eigenvalue weighted by atomic mass is 32.2. The maximum atomic E-state index is 12.9. The fourth-order valence-electron chi connectivity index (χ4n) is 2.72. The van der Waals surface area contributed by atoms with Gasteiger partial charge in [0.2, 0.25) is 0 Å². The van der Waals surface area contributed by atoms with Crippen LogP contribution >= 0.6 is 0 Å². The summed E-state index contributed by atoms with van der Waals surface area (Å²) in [5.41, 5.74) is 2.86. The molecule has 3 aromatic carbocycles. The van der Waals surface area contributed by atoms with Gasteiger partial charge in [-0.2, -0.15) is 12.8 Å². The normalized spacial score (nSPS) is 12.2. The fraction of sp³-hybridized carbons (Fsp3) is 0.125. The molecule has 3 aromatic rings. The molecule has 30 heavy (non-hydrogen) atoms. The Balaban J connectivity index is 2.02. The molecule has 0 aliphatic carbocycles. The van der Waals surface area contributed by atoms with Gasteiger partial charge in [-0.3, -0.25) is 0 Å². The van der Waals surface area contributed by atoms with Crippen molar-refractivity contribution in [2.24, 2.45) is 4.40 Å². The monoisotopic (exact) mass is 421 g/mol. The summed E-state index contributed by atoms with van der Waals surface area (Å²) in [4.78, 5) is 0.150. The number of rotatable bonds is 7. The molecule has 3 rings (SSSR count). The van der Waals surface area contributed by atoms with E-state index in [1.807, 2.05) is 37.3 Å². The van der Waals surface area contributed by atoms with Gasteiger partial charge in [0.1, 0.15) is 11.5 Å². The molecule has 0 heterocycles. The zero-order chi connectivity index (χ0) is 21.6. The summed E-state index contributed by atoms with van der Waals surface area (Å²) >= 11 is 0. The van der Waals surface area contributed by atoms with E-state index in [4.69, 9.17) is 9.47 Å². The highest BCUT2D eigenvalue weighted by Gasteiger charge is 2.14. The minimum absolute atomic E-state index is 0.150. The van der Waals surface area contributed by atoms with Crippen molar-refractivity contribution in [2.45, 2.75) is 11.8 Å². The fourth-order valence-corrected chi connectivity index (χ4v) is 3.73. The topological polar surface area (TPSA) is 65.0 Å². The van der Waals surface area contributed by atoms with Crippen LogP contribution in [0, 0.1) is 6.92 Å². The summed E-state index contributed by atoms with van der Waals surface area (Å²) < 4.78 is 40.2. The molecule has 0 aliphatic heterocycles. The Labute approximate surface area is 177 Å². The van der Waals surface area contributed by atoms with Gasteiger partial charge in [-0.05, 0) is 67.1 Å². The van der Waals surface area contributed by atoms with E-state index in [9.17, 15) is 8.42 Å². The summed E-state index contributed by atoms with van der Waals surface area (Å²) in [6, 6.07) is 21.2. The summed E-state index contributed by atoms with van der Waals surface area (Å²) in [5, 5.41) is 0. The Bertz CT molecular complexity index is 1150. The number of methoxy groups -OCH3 is 2. The van der Waals surface area contributed by atoms with Crippen LogP contribution in [0.3, 0.4) is 0 Å². The third-order valence-electron chi connectivity index (χ3n) is 4.47. The van der Waals surface area contributed by atoms with Crippen LogP contribution in [0.15, 0.2) is 88.2 Å². The van der Waals surface area contributed by atoms with Crippen molar-refractivity contribution >= 4 is 21.8 Å². The third kappa shape index (κ3) is 5.36. The van der Waals surface area contributed by atoms with Crippen LogP contribution in [-0.4, -0.2) is 28.3 Å². The third-order valence-corrected chi connectivity index (χ3v) is 5.78. The number of ether oxygens (including phenoxy) is 2. The van der Waals surface area contributed by atoms with Crippen molar-refractivity contribution in [3.05, 3.63) is 95.6 Å². The van der Waals surface area contributed by atoms with Gasteiger partial charge in [0.05, 0.1) is 24.8 Å². The minimum atomic E-state index is -3.87. The summed E-state index contributed by atoms with van der Waals surface area (Å²) in [6.07, 6.45) is 3.50. The molecule has 0 aliphatic rings. The van der Waals surface area contributed by atoms with Crippen molar-refractivity contribution in [1.29, 1.82) is 0 Å². The van der Waals surface area contributed by atoms with E-state index in [-0.39, 0.29) is 4.90 Å². The standard InChI is InChI=1S/C24H23NO4S/c1-18-4-15-23(16-5-18)30(26,27)25-24(20-9-13-22(29-3)14-10-20)17-8-19-6-11-21(28-2)12-7-19/h4-17H,1-3H3/b17-8+,25-24+. The molecule has 0 amide bonds.